The zero-order chi connectivity index (χ0) is 19.0. The molecule has 0 amide bonds. The fraction of sp³-hybridized carbons (Fsp3) is 0.500. The number of hydrogen-bond donors (Lipinski definition) is 1. The van der Waals surface area contributed by atoms with Crippen molar-refractivity contribution in [2.45, 2.75) is 45.3 Å². The van der Waals surface area contributed by atoms with E-state index in [0.29, 0.717) is 15.5 Å². The number of aliphatic hydroxyl groups is 1. The van der Waals surface area contributed by atoms with Gasteiger partial charge in [0.25, 0.3) is 0 Å². The predicted octanol–water partition coefficient (Wildman–Crippen LogP) is 4.35. The Morgan fingerprint density at radius 3 is 2.24 bits per heavy atom. The smallest absolute Gasteiger partial charge is 0.406 e. The quantitative estimate of drug-likeness (QED) is 0.732. The summed E-state index contributed by atoms with van der Waals surface area (Å²) in [7, 11) is -0.743. The van der Waals surface area contributed by atoms with Gasteiger partial charge >= 0.3 is 13.5 Å². The van der Waals surface area contributed by atoms with Crippen molar-refractivity contribution in [2.24, 2.45) is 0 Å². The van der Waals surface area contributed by atoms with Gasteiger partial charge in [-0.2, -0.15) is 0 Å². The highest BCUT2D eigenvalue weighted by atomic mass is 79.9. The summed E-state index contributed by atoms with van der Waals surface area (Å²) in [5.74, 6) is -0.335. The van der Waals surface area contributed by atoms with Crippen molar-refractivity contribution < 1.29 is 32.3 Å². The highest BCUT2D eigenvalue weighted by Gasteiger charge is 2.52. The molecule has 0 spiro atoms. The normalized spacial score (nSPS) is 20.0. The first-order chi connectivity index (χ1) is 11.3. The Kier molecular flexibility index (Phi) is 5.63. The lowest BCUT2D eigenvalue weighted by atomic mass is 9.77. The Morgan fingerprint density at radius 1 is 1.24 bits per heavy atom. The first-order valence-electron chi connectivity index (χ1n) is 7.57. The molecule has 0 atom stereocenters. The minimum atomic E-state index is -4.75. The van der Waals surface area contributed by atoms with E-state index < -0.39 is 24.7 Å². The lowest BCUT2D eigenvalue weighted by molar-refractivity contribution is -0.274. The molecule has 0 bridgehead atoms. The van der Waals surface area contributed by atoms with Crippen LogP contribution < -0.4 is 4.74 Å². The van der Waals surface area contributed by atoms with Gasteiger partial charge in [-0.3, -0.25) is 0 Å². The van der Waals surface area contributed by atoms with E-state index in [1.807, 2.05) is 27.7 Å². The van der Waals surface area contributed by atoms with Crippen LogP contribution in [0.5, 0.6) is 5.75 Å². The van der Waals surface area contributed by atoms with E-state index in [-0.39, 0.29) is 12.4 Å². The van der Waals surface area contributed by atoms with Gasteiger partial charge in [0.2, 0.25) is 0 Å². The van der Waals surface area contributed by atoms with E-state index in [2.05, 4.69) is 20.7 Å². The van der Waals surface area contributed by atoms with Crippen molar-refractivity contribution in [1.29, 1.82) is 0 Å². The van der Waals surface area contributed by atoms with Crippen molar-refractivity contribution in [3.05, 3.63) is 33.7 Å². The fourth-order valence-corrected chi connectivity index (χ4v) is 2.68. The Hall–Kier alpha value is -1.03. The summed E-state index contributed by atoms with van der Waals surface area (Å²) in [6.45, 7) is 7.24. The van der Waals surface area contributed by atoms with E-state index in [4.69, 9.17) is 9.31 Å². The third kappa shape index (κ3) is 4.78. The second kappa shape index (κ2) is 6.94. The monoisotopic (exact) mass is 422 g/mol. The first kappa shape index (κ1) is 20.3. The van der Waals surface area contributed by atoms with E-state index >= 15 is 0 Å². The molecule has 0 radical (unpaired) electrons. The average Bonchev–Trinajstić information content (AvgIpc) is 2.64. The van der Waals surface area contributed by atoms with E-state index in [1.54, 1.807) is 6.08 Å². The Balaban J connectivity index is 2.26. The molecule has 1 fully saturated rings. The molecular weight excluding hydrogens is 404 g/mol. The van der Waals surface area contributed by atoms with Gasteiger partial charge in [0.05, 0.1) is 17.8 Å². The molecule has 1 saturated heterocycles. The summed E-state index contributed by atoms with van der Waals surface area (Å²) >= 11 is 3.21. The van der Waals surface area contributed by atoms with Crippen LogP contribution in [0, 0.1) is 0 Å². The number of rotatable bonds is 4. The van der Waals surface area contributed by atoms with Gasteiger partial charge in [-0.1, -0.05) is 28.1 Å². The van der Waals surface area contributed by atoms with Crippen molar-refractivity contribution in [3.8, 4) is 5.75 Å². The molecule has 1 aliphatic heterocycles. The highest BCUT2D eigenvalue weighted by molar-refractivity contribution is 9.10. The van der Waals surface area contributed by atoms with Gasteiger partial charge in [-0.25, -0.2) is 0 Å². The Bertz CT molecular complexity index is 658. The van der Waals surface area contributed by atoms with Gasteiger partial charge in [0, 0.05) is 4.47 Å². The standard InChI is InChI=1S/C16H19BBrF3O4/c1-14(2)15(3,4)25-17(24-14)11(9-22)7-10-5-6-12(8-13(10)18)23-16(19,20)21/h5-8,22H,9H2,1-4H3. The number of aliphatic hydroxyl groups excluding tert-OH is 1. The topological polar surface area (TPSA) is 47.9 Å². The molecule has 0 aromatic heterocycles. The third-order valence-corrected chi connectivity index (χ3v) is 4.97. The first-order valence-corrected chi connectivity index (χ1v) is 8.36. The van der Waals surface area contributed by atoms with Crippen molar-refractivity contribution >= 4 is 29.1 Å². The molecule has 1 aromatic rings. The molecule has 1 aromatic carbocycles. The van der Waals surface area contributed by atoms with E-state index in [1.165, 1.54) is 18.2 Å². The second-order valence-corrected chi connectivity index (χ2v) is 7.55. The summed E-state index contributed by atoms with van der Waals surface area (Å²) < 4.78 is 52.8. The largest absolute Gasteiger partial charge is 0.573 e. The summed E-state index contributed by atoms with van der Waals surface area (Å²) in [5, 5.41) is 9.67. The zero-order valence-electron chi connectivity index (χ0n) is 14.3. The lowest BCUT2D eigenvalue weighted by Gasteiger charge is -2.32. The molecule has 1 heterocycles. The van der Waals surface area contributed by atoms with Crippen LogP contribution in [0.25, 0.3) is 6.08 Å². The van der Waals surface area contributed by atoms with Gasteiger partial charge in [0.1, 0.15) is 5.75 Å². The molecule has 9 heteroatoms. The highest BCUT2D eigenvalue weighted by Crippen LogP contribution is 2.39. The van der Waals surface area contributed by atoms with Gasteiger partial charge in [0.15, 0.2) is 0 Å². The number of alkyl halides is 3. The second-order valence-electron chi connectivity index (χ2n) is 6.70. The maximum atomic E-state index is 12.3. The maximum absolute atomic E-state index is 12.3. The van der Waals surface area contributed by atoms with Crippen LogP contribution in [0.2, 0.25) is 0 Å². The number of ether oxygens (including phenoxy) is 1. The molecule has 1 aliphatic rings. The van der Waals surface area contributed by atoms with Gasteiger partial charge < -0.3 is 19.2 Å². The summed E-state index contributed by atoms with van der Waals surface area (Å²) in [5.41, 5.74) is -0.0988. The molecule has 0 saturated carbocycles. The predicted molar refractivity (Wildman–Crippen MR) is 92.0 cm³/mol. The zero-order valence-corrected chi connectivity index (χ0v) is 15.9. The number of halogens is 4. The molecule has 0 aliphatic carbocycles. The molecule has 2 rings (SSSR count). The Morgan fingerprint density at radius 2 is 1.80 bits per heavy atom. The maximum Gasteiger partial charge on any atom is 0.573 e. The number of benzene rings is 1. The van der Waals surface area contributed by atoms with Gasteiger partial charge in [-0.05, 0) is 50.9 Å². The van der Waals surface area contributed by atoms with Crippen molar-refractivity contribution in [2.75, 3.05) is 6.61 Å². The van der Waals surface area contributed by atoms with E-state index in [9.17, 15) is 18.3 Å². The van der Waals surface area contributed by atoms with Crippen LogP contribution in [-0.2, 0) is 9.31 Å². The minimum Gasteiger partial charge on any atom is -0.406 e. The average molecular weight is 423 g/mol. The summed E-state index contributed by atoms with van der Waals surface area (Å²) in [6.07, 6.45) is -3.14. The van der Waals surface area contributed by atoms with Crippen LogP contribution in [0.4, 0.5) is 13.2 Å². The molecule has 4 nitrogen and oxygen atoms in total. The van der Waals surface area contributed by atoms with Crippen molar-refractivity contribution in [3.63, 3.8) is 0 Å². The molecular formula is C16H19BBrF3O4. The third-order valence-electron chi connectivity index (χ3n) is 4.28. The van der Waals surface area contributed by atoms with E-state index in [0.717, 1.165) is 0 Å². The molecule has 0 unspecified atom stereocenters. The van der Waals surface area contributed by atoms with Crippen LogP contribution in [0.3, 0.4) is 0 Å². The van der Waals surface area contributed by atoms with Crippen molar-refractivity contribution in [1.82, 2.24) is 0 Å². The van der Waals surface area contributed by atoms with Crippen LogP contribution in [0.1, 0.15) is 33.3 Å². The fourth-order valence-electron chi connectivity index (χ4n) is 2.20. The molecule has 138 valence electrons. The van der Waals surface area contributed by atoms with Crippen LogP contribution in [-0.4, -0.2) is 36.4 Å². The van der Waals surface area contributed by atoms with Gasteiger partial charge in [-0.15, -0.1) is 13.2 Å². The summed E-state index contributed by atoms with van der Waals surface area (Å²) in [6, 6.07) is 3.86. The molecule has 25 heavy (non-hydrogen) atoms. The number of hydrogen-bond acceptors (Lipinski definition) is 4. The van der Waals surface area contributed by atoms with Crippen LogP contribution >= 0.6 is 15.9 Å². The Labute approximate surface area is 153 Å². The minimum absolute atomic E-state index is 0.315. The van der Waals surface area contributed by atoms with Crippen LogP contribution in [0.15, 0.2) is 28.1 Å². The molecule has 1 N–H and O–H groups in total. The lowest BCUT2D eigenvalue weighted by Crippen LogP contribution is -2.41. The summed E-state index contributed by atoms with van der Waals surface area (Å²) in [4.78, 5) is 0. The SMILES string of the molecule is CC1(C)OB(C(=Cc2ccc(OC(F)(F)F)cc2Br)CO)OC1(C)C.